The van der Waals surface area contributed by atoms with E-state index in [9.17, 15) is 4.79 Å². The number of para-hydroxylation sites is 2. The monoisotopic (exact) mass is 472 g/mol. The lowest BCUT2D eigenvalue weighted by Crippen LogP contribution is -2.11. The zero-order chi connectivity index (χ0) is 24.9. The predicted octanol–water partition coefficient (Wildman–Crippen LogP) is 5.33. The van der Waals surface area contributed by atoms with E-state index < -0.39 is 0 Å². The maximum Gasteiger partial charge on any atom is 0.248 e. The summed E-state index contributed by atoms with van der Waals surface area (Å²) in [5, 5.41) is 11.4. The van der Waals surface area contributed by atoms with Crippen molar-refractivity contribution < 1.29 is 18.8 Å². The quantitative estimate of drug-likeness (QED) is 0.348. The molecule has 2 heterocycles. The fourth-order valence-corrected chi connectivity index (χ4v) is 3.75. The lowest BCUT2D eigenvalue weighted by atomic mass is 10.1. The maximum absolute atomic E-state index is 12.7. The van der Waals surface area contributed by atoms with E-state index in [0.717, 1.165) is 39.7 Å². The van der Waals surface area contributed by atoms with Crippen molar-refractivity contribution in [3.63, 3.8) is 0 Å². The summed E-state index contributed by atoms with van der Waals surface area (Å²) in [5.41, 5.74) is 5.89. The second-order valence-corrected chi connectivity index (χ2v) is 8.18. The van der Waals surface area contributed by atoms with Crippen LogP contribution in [0.5, 0.6) is 11.5 Å². The Labute approximate surface area is 204 Å². The molecule has 0 spiro atoms. The molecule has 0 saturated heterocycles. The number of benzene rings is 2. The summed E-state index contributed by atoms with van der Waals surface area (Å²) in [6.45, 7) is 7.97. The van der Waals surface area contributed by atoms with Crippen molar-refractivity contribution in [2.45, 2.75) is 34.3 Å². The lowest BCUT2D eigenvalue weighted by molar-refractivity contribution is -0.111. The summed E-state index contributed by atoms with van der Waals surface area (Å²) in [5.74, 6) is 1.63. The van der Waals surface area contributed by atoms with E-state index in [1.54, 1.807) is 13.2 Å². The third kappa shape index (κ3) is 5.43. The van der Waals surface area contributed by atoms with Gasteiger partial charge in [-0.1, -0.05) is 23.4 Å². The number of hydrogen-bond acceptors (Lipinski definition) is 6. The molecule has 0 saturated carbocycles. The molecule has 0 atom stereocenters. The number of carbonyl (C=O) groups is 1. The number of hydrogen-bond donors (Lipinski definition) is 1. The highest BCUT2D eigenvalue weighted by Crippen LogP contribution is 2.30. The van der Waals surface area contributed by atoms with Gasteiger partial charge in [-0.25, -0.2) is 4.68 Å². The van der Waals surface area contributed by atoms with Gasteiger partial charge in [-0.2, -0.15) is 5.10 Å². The molecule has 0 aliphatic rings. The largest absolute Gasteiger partial charge is 0.493 e. The molecule has 180 valence electrons. The molecule has 0 aliphatic heterocycles. The van der Waals surface area contributed by atoms with Crippen molar-refractivity contribution in [1.29, 1.82) is 0 Å². The SMILES string of the molecule is COc1cc(/C=C/C(=O)Nc2ccccc2-n2nc(C)cc2C)ccc1OCc1c(C)noc1C. The van der Waals surface area contributed by atoms with Gasteiger partial charge in [0.15, 0.2) is 11.5 Å². The van der Waals surface area contributed by atoms with Crippen molar-refractivity contribution >= 4 is 17.7 Å². The first-order chi connectivity index (χ1) is 16.9. The number of nitrogens with zero attached hydrogens (tertiary/aromatic N) is 3. The Bertz CT molecular complexity index is 1360. The van der Waals surface area contributed by atoms with Gasteiger partial charge in [0.25, 0.3) is 0 Å². The van der Waals surface area contributed by atoms with Gasteiger partial charge in [0.05, 0.1) is 35.4 Å². The number of carbonyl (C=O) groups excluding carboxylic acids is 1. The minimum Gasteiger partial charge on any atom is -0.493 e. The Morgan fingerprint density at radius 1 is 1.09 bits per heavy atom. The molecule has 0 fully saturated rings. The van der Waals surface area contributed by atoms with Crippen LogP contribution in [0.4, 0.5) is 5.69 Å². The topological polar surface area (TPSA) is 91.4 Å². The zero-order valence-electron chi connectivity index (χ0n) is 20.5. The highest BCUT2D eigenvalue weighted by atomic mass is 16.5. The van der Waals surface area contributed by atoms with Crippen molar-refractivity contribution in [2.75, 3.05) is 12.4 Å². The van der Waals surface area contributed by atoms with Crippen molar-refractivity contribution in [1.82, 2.24) is 14.9 Å². The molecule has 4 aromatic rings. The first-order valence-electron chi connectivity index (χ1n) is 11.2. The Kier molecular flexibility index (Phi) is 7.01. The van der Waals surface area contributed by atoms with Crippen LogP contribution in [0.2, 0.25) is 0 Å². The van der Waals surface area contributed by atoms with Crippen LogP contribution in [0, 0.1) is 27.7 Å². The molecule has 0 unspecified atom stereocenters. The fraction of sp³-hybridized carbons (Fsp3) is 0.222. The van der Waals surface area contributed by atoms with E-state index in [4.69, 9.17) is 14.0 Å². The number of methoxy groups -OCH3 is 1. The van der Waals surface area contributed by atoms with Crippen molar-refractivity contribution in [3.8, 4) is 17.2 Å². The van der Waals surface area contributed by atoms with Gasteiger partial charge in [0, 0.05) is 11.8 Å². The smallest absolute Gasteiger partial charge is 0.248 e. The van der Waals surface area contributed by atoms with Crippen LogP contribution in [0.1, 0.15) is 34.0 Å². The number of aryl methyl sites for hydroxylation is 4. The molecule has 0 aliphatic carbocycles. The van der Waals surface area contributed by atoms with Gasteiger partial charge in [-0.15, -0.1) is 0 Å². The molecule has 0 bridgehead atoms. The van der Waals surface area contributed by atoms with Gasteiger partial charge in [0.1, 0.15) is 12.4 Å². The minimum atomic E-state index is -0.253. The van der Waals surface area contributed by atoms with Crippen molar-refractivity contribution in [2.24, 2.45) is 0 Å². The first-order valence-corrected chi connectivity index (χ1v) is 11.2. The number of ether oxygens (including phenoxy) is 2. The van der Waals surface area contributed by atoms with Crippen LogP contribution in [-0.4, -0.2) is 28.0 Å². The summed E-state index contributed by atoms with van der Waals surface area (Å²) < 4.78 is 18.4. The van der Waals surface area contributed by atoms with Crippen LogP contribution in [0.25, 0.3) is 11.8 Å². The van der Waals surface area contributed by atoms with E-state index >= 15 is 0 Å². The average molecular weight is 473 g/mol. The Hall–Kier alpha value is -4.33. The number of rotatable bonds is 8. The maximum atomic E-state index is 12.7. The van der Waals surface area contributed by atoms with E-state index in [0.29, 0.717) is 23.8 Å². The fourth-order valence-electron chi connectivity index (χ4n) is 3.75. The van der Waals surface area contributed by atoms with Gasteiger partial charge in [-0.05, 0) is 69.7 Å². The van der Waals surface area contributed by atoms with Crippen LogP contribution >= 0.6 is 0 Å². The Morgan fingerprint density at radius 2 is 1.89 bits per heavy atom. The molecule has 1 amide bonds. The van der Waals surface area contributed by atoms with Crippen LogP contribution < -0.4 is 14.8 Å². The molecular weight excluding hydrogens is 444 g/mol. The second-order valence-electron chi connectivity index (χ2n) is 8.18. The number of aromatic nitrogens is 3. The normalized spacial score (nSPS) is 11.1. The highest BCUT2D eigenvalue weighted by Gasteiger charge is 2.13. The minimum absolute atomic E-state index is 0.253. The van der Waals surface area contributed by atoms with Gasteiger partial charge < -0.3 is 19.3 Å². The first kappa shape index (κ1) is 23.8. The molecule has 8 heteroatoms. The van der Waals surface area contributed by atoms with Gasteiger partial charge in [0.2, 0.25) is 5.91 Å². The summed E-state index contributed by atoms with van der Waals surface area (Å²) in [7, 11) is 1.58. The average Bonchev–Trinajstić information content (AvgIpc) is 3.36. The second kappa shape index (κ2) is 10.3. The molecule has 0 radical (unpaired) electrons. The summed E-state index contributed by atoms with van der Waals surface area (Å²) in [6.07, 6.45) is 3.21. The van der Waals surface area contributed by atoms with Gasteiger partial charge in [-0.3, -0.25) is 4.79 Å². The van der Waals surface area contributed by atoms with Crippen molar-refractivity contribution in [3.05, 3.63) is 88.6 Å². The molecule has 8 nitrogen and oxygen atoms in total. The number of nitrogens with one attached hydrogen (secondary N) is 1. The zero-order valence-corrected chi connectivity index (χ0v) is 20.5. The van der Waals surface area contributed by atoms with E-state index in [1.165, 1.54) is 6.08 Å². The Morgan fingerprint density at radius 3 is 2.57 bits per heavy atom. The standard InChI is InChI=1S/C27H28N4O4/c1-17-14-18(2)31(29-17)24-9-7-6-8-23(24)28-27(32)13-11-21-10-12-25(26(15-21)33-5)34-16-22-19(3)30-35-20(22)4/h6-15H,16H2,1-5H3,(H,28,32)/b13-11+. The number of anilines is 1. The summed E-state index contributed by atoms with van der Waals surface area (Å²) >= 11 is 0. The van der Waals surface area contributed by atoms with E-state index in [2.05, 4.69) is 15.6 Å². The molecule has 35 heavy (non-hydrogen) atoms. The van der Waals surface area contributed by atoms with E-state index in [1.807, 2.05) is 80.9 Å². The third-order valence-electron chi connectivity index (χ3n) is 5.57. The lowest BCUT2D eigenvalue weighted by Gasteiger charge is -2.12. The van der Waals surface area contributed by atoms with E-state index in [-0.39, 0.29) is 5.91 Å². The van der Waals surface area contributed by atoms with Crippen LogP contribution in [0.3, 0.4) is 0 Å². The van der Waals surface area contributed by atoms with Crippen LogP contribution in [0.15, 0.2) is 59.1 Å². The molecule has 2 aromatic carbocycles. The highest BCUT2D eigenvalue weighted by molar-refractivity contribution is 6.03. The van der Waals surface area contributed by atoms with Crippen LogP contribution in [-0.2, 0) is 11.4 Å². The molecule has 4 rings (SSSR count). The third-order valence-corrected chi connectivity index (χ3v) is 5.57. The summed E-state index contributed by atoms with van der Waals surface area (Å²) in [6, 6.07) is 15.0. The molecule has 2 aromatic heterocycles. The summed E-state index contributed by atoms with van der Waals surface area (Å²) in [4.78, 5) is 12.7. The molecular formula is C27H28N4O4. The number of amides is 1. The van der Waals surface area contributed by atoms with Gasteiger partial charge >= 0.3 is 0 Å². The predicted molar refractivity (Wildman–Crippen MR) is 134 cm³/mol. The molecule has 1 N–H and O–H groups in total. The Balaban J connectivity index is 1.46.